The minimum atomic E-state index is -0.379. The average molecular weight is 1150 g/mol. The van der Waals surface area contributed by atoms with E-state index in [9.17, 15) is 18.0 Å². The number of ketones is 1. The van der Waals surface area contributed by atoms with Gasteiger partial charge in [-0.05, 0) is 144 Å². The van der Waals surface area contributed by atoms with Crippen LogP contribution in [0.3, 0.4) is 0 Å². The lowest BCUT2D eigenvalue weighted by Gasteiger charge is -2.10. The molecule has 0 N–H and O–H groups in total. The molecule has 9 aromatic rings. The number of para-hydroxylation sites is 3. The molecule has 302 valence electrons. The van der Waals surface area contributed by atoms with E-state index >= 15 is 0 Å². The van der Waals surface area contributed by atoms with Crippen molar-refractivity contribution in [2.45, 2.75) is 6.42 Å². The number of fused-ring (bicyclic) bond motifs is 1. The first-order valence-electron chi connectivity index (χ1n) is 18.4. The van der Waals surface area contributed by atoms with Crippen molar-refractivity contribution in [2.24, 2.45) is 4.99 Å². The minimum Gasteiger partial charge on any atom is -0.294 e. The fourth-order valence-electron chi connectivity index (χ4n) is 5.93. The second kappa shape index (κ2) is 20.7. The van der Waals surface area contributed by atoms with Crippen LogP contribution in [0.2, 0.25) is 0 Å². The Morgan fingerprint density at radius 1 is 0.557 bits per heavy atom. The Balaban J connectivity index is 0.000000141. The SMILES string of the molecule is Fc1ccccc1-n1nnnc1-c1ccccc1I.Fc1ccccc1N=C(c1ccccc1I)n1nnc2ccccc21.O=C(Cc1ccccc1F)c1ccccc1I. The zero-order valence-corrected chi connectivity index (χ0v) is 38.1. The van der Waals surface area contributed by atoms with Crippen LogP contribution in [0.1, 0.15) is 21.5 Å². The zero-order chi connectivity index (χ0) is 42.7. The van der Waals surface area contributed by atoms with Crippen molar-refractivity contribution in [3.05, 3.63) is 215 Å². The van der Waals surface area contributed by atoms with E-state index < -0.39 is 0 Å². The Bertz CT molecular complexity index is 2930. The van der Waals surface area contributed by atoms with E-state index in [4.69, 9.17) is 0 Å². The van der Waals surface area contributed by atoms with Crippen LogP contribution in [-0.4, -0.2) is 46.8 Å². The highest BCUT2D eigenvalue weighted by molar-refractivity contribution is 14.1. The molecule has 0 fully saturated rings. The number of hydrogen-bond acceptors (Lipinski definition) is 7. The fourth-order valence-corrected chi connectivity index (χ4v) is 7.87. The molecule has 61 heavy (non-hydrogen) atoms. The second-order valence-electron chi connectivity index (χ2n) is 12.9. The number of aliphatic imine (C=N–C) groups is 1. The number of tetrazole rings is 1. The zero-order valence-electron chi connectivity index (χ0n) is 31.6. The summed E-state index contributed by atoms with van der Waals surface area (Å²) in [7, 11) is 0. The molecule has 9 nitrogen and oxygen atoms in total. The maximum Gasteiger partial charge on any atom is 0.188 e. The Labute approximate surface area is 389 Å². The third kappa shape index (κ3) is 10.6. The van der Waals surface area contributed by atoms with Gasteiger partial charge in [0.05, 0.1) is 5.52 Å². The first-order valence-corrected chi connectivity index (χ1v) is 21.6. The van der Waals surface area contributed by atoms with Gasteiger partial charge < -0.3 is 0 Å². The first-order chi connectivity index (χ1) is 29.7. The van der Waals surface area contributed by atoms with E-state index in [1.165, 1.54) is 22.9 Å². The van der Waals surface area contributed by atoms with Crippen LogP contribution in [0.4, 0.5) is 18.9 Å². The van der Waals surface area contributed by atoms with Gasteiger partial charge in [-0.1, -0.05) is 114 Å². The number of nitrogens with zero attached hydrogens (tertiary/aromatic N) is 8. The summed E-state index contributed by atoms with van der Waals surface area (Å²) in [5.41, 5.74) is 5.00. The monoisotopic (exact) mass is 1150 g/mol. The lowest BCUT2D eigenvalue weighted by Crippen LogP contribution is -2.16. The van der Waals surface area contributed by atoms with Crippen LogP contribution in [0, 0.1) is 28.2 Å². The number of rotatable bonds is 7. The molecule has 0 atom stereocenters. The van der Waals surface area contributed by atoms with Crippen LogP contribution in [0.25, 0.3) is 28.1 Å². The molecule has 0 radical (unpaired) electrons. The Hall–Kier alpha value is -5.67. The lowest BCUT2D eigenvalue weighted by molar-refractivity contribution is 0.0991. The maximum absolute atomic E-state index is 14.2. The number of hydrogen-bond donors (Lipinski definition) is 0. The molecule has 0 spiro atoms. The summed E-state index contributed by atoms with van der Waals surface area (Å²) in [4.78, 5) is 16.6. The largest absolute Gasteiger partial charge is 0.294 e. The lowest BCUT2D eigenvalue weighted by atomic mass is 10.0. The number of Topliss-reactive ketones (excluding diaryl/α,β-unsaturated/α-hetero) is 1. The van der Waals surface area contributed by atoms with Crippen LogP contribution in [-0.2, 0) is 6.42 Å². The molecule has 0 saturated carbocycles. The molecule has 0 unspecified atom stereocenters. The van der Waals surface area contributed by atoms with Gasteiger partial charge >= 0.3 is 0 Å². The number of carbonyl (C=O) groups is 1. The molecule has 2 aromatic heterocycles. The van der Waals surface area contributed by atoms with E-state index in [1.807, 2.05) is 91.0 Å². The second-order valence-corrected chi connectivity index (χ2v) is 16.4. The molecule has 9 rings (SSSR count). The first kappa shape index (κ1) is 43.4. The molecule has 0 aliphatic carbocycles. The summed E-state index contributed by atoms with van der Waals surface area (Å²) < 4.78 is 47.4. The number of carbonyl (C=O) groups excluding carboxylic acids is 1. The smallest absolute Gasteiger partial charge is 0.188 e. The van der Waals surface area contributed by atoms with Crippen LogP contribution in [0.15, 0.2) is 175 Å². The summed E-state index contributed by atoms with van der Waals surface area (Å²) in [5.74, 6) is -0.0665. The molecule has 7 aromatic carbocycles. The van der Waals surface area contributed by atoms with Gasteiger partial charge in [0.15, 0.2) is 17.4 Å². The number of aromatic nitrogens is 7. The molecule has 0 aliphatic heterocycles. The van der Waals surface area contributed by atoms with E-state index in [2.05, 4.69) is 98.6 Å². The standard InChI is InChI=1S/C19H12FIN4.C14H10FIO.C13H8FIN4/c20-14-8-2-4-10-16(14)22-19(13-7-1-3-9-15(13)21)25-18-12-6-5-11-17(18)23-24-25;15-12-7-3-1-5-10(12)9-14(17)11-6-2-4-8-13(11)16;14-10-6-2-4-8-12(10)19-13(16-17-18-19)9-5-1-3-7-11(9)15/h1-12H;1-8H,9H2;1-8H. The Morgan fingerprint density at radius 3 is 1.82 bits per heavy atom. The molecule has 0 saturated heterocycles. The molecule has 0 amide bonds. The molecule has 15 heteroatoms. The maximum atomic E-state index is 14.2. The van der Waals surface area contributed by atoms with Crippen molar-refractivity contribution in [1.29, 1.82) is 0 Å². The predicted molar refractivity (Wildman–Crippen MR) is 256 cm³/mol. The fraction of sp³-hybridized carbons (Fsp3) is 0.0217. The van der Waals surface area contributed by atoms with Gasteiger partial charge in [-0.3, -0.25) is 4.79 Å². The van der Waals surface area contributed by atoms with E-state index in [1.54, 1.807) is 65.3 Å². The molecular formula is C46H30F3I3N8O. The van der Waals surface area contributed by atoms with Crippen molar-refractivity contribution in [1.82, 2.24) is 35.2 Å². The number of benzene rings is 7. The predicted octanol–water partition coefficient (Wildman–Crippen LogP) is 11.7. The highest BCUT2D eigenvalue weighted by Crippen LogP contribution is 2.26. The Kier molecular flexibility index (Phi) is 14.8. The summed E-state index contributed by atoms with van der Waals surface area (Å²) in [6.45, 7) is 0. The van der Waals surface area contributed by atoms with E-state index in [0.29, 0.717) is 28.5 Å². The molecule has 2 heterocycles. The van der Waals surface area contributed by atoms with E-state index in [0.717, 1.165) is 32.9 Å². The number of halogens is 6. The van der Waals surface area contributed by atoms with E-state index in [-0.39, 0.29) is 35.3 Å². The van der Waals surface area contributed by atoms with Crippen molar-refractivity contribution in [2.75, 3.05) is 0 Å². The Morgan fingerprint density at radius 2 is 1.13 bits per heavy atom. The van der Waals surface area contributed by atoms with Crippen LogP contribution >= 0.6 is 67.8 Å². The van der Waals surface area contributed by atoms with Crippen molar-refractivity contribution in [3.63, 3.8) is 0 Å². The van der Waals surface area contributed by atoms with Crippen LogP contribution in [0.5, 0.6) is 0 Å². The summed E-state index contributed by atoms with van der Waals surface area (Å²) in [6, 6.07) is 49.7. The van der Waals surface area contributed by atoms with Crippen molar-refractivity contribution in [3.8, 4) is 17.1 Å². The van der Waals surface area contributed by atoms with Gasteiger partial charge in [0.25, 0.3) is 0 Å². The van der Waals surface area contributed by atoms with Gasteiger partial charge in [0.1, 0.15) is 34.3 Å². The van der Waals surface area contributed by atoms with Gasteiger partial charge in [-0.2, -0.15) is 9.36 Å². The normalized spacial score (nSPS) is 11.0. The summed E-state index contributed by atoms with van der Waals surface area (Å²) in [6.07, 6.45) is 0.104. The third-order valence-electron chi connectivity index (χ3n) is 8.89. The quantitative estimate of drug-likeness (QED) is 0.0682. The molecule has 0 aliphatic rings. The van der Waals surface area contributed by atoms with Crippen molar-refractivity contribution < 1.29 is 18.0 Å². The summed E-state index contributed by atoms with van der Waals surface area (Å²) in [5, 5.41) is 20.0. The molecule has 0 bridgehead atoms. The van der Waals surface area contributed by atoms with Crippen LogP contribution < -0.4 is 0 Å². The topological polar surface area (TPSA) is 104 Å². The third-order valence-corrected chi connectivity index (χ3v) is 11.7. The van der Waals surface area contributed by atoms with Crippen molar-refractivity contribution >= 4 is 96.1 Å². The summed E-state index contributed by atoms with van der Waals surface area (Å²) >= 11 is 6.56. The highest BCUT2D eigenvalue weighted by Gasteiger charge is 2.18. The van der Waals surface area contributed by atoms with Gasteiger partial charge in [-0.25, -0.2) is 18.2 Å². The minimum absolute atomic E-state index is 0.0555. The van der Waals surface area contributed by atoms with Gasteiger partial charge in [0.2, 0.25) is 0 Å². The average Bonchev–Trinajstić information content (AvgIpc) is 3.94. The molecular weight excluding hydrogens is 1120 g/mol. The highest BCUT2D eigenvalue weighted by atomic mass is 127. The van der Waals surface area contributed by atoms with Gasteiger partial charge in [-0.15, -0.1) is 10.2 Å². The van der Waals surface area contributed by atoms with Gasteiger partial charge in [0, 0.05) is 33.8 Å².